The largest absolute Gasteiger partial charge is 0.324 e. The summed E-state index contributed by atoms with van der Waals surface area (Å²) in [7, 11) is 0. The fourth-order valence-electron chi connectivity index (χ4n) is 4.43. The van der Waals surface area contributed by atoms with Crippen LogP contribution >= 0.6 is 0 Å². The molecule has 2 rings (SSSR count). The van der Waals surface area contributed by atoms with Gasteiger partial charge in [0.25, 0.3) is 0 Å². The van der Waals surface area contributed by atoms with Gasteiger partial charge in [-0.05, 0) is 44.1 Å². The van der Waals surface area contributed by atoms with E-state index in [-0.39, 0.29) is 22.3 Å². The van der Waals surface area contributed by atoms with Crippen molar-refractivity contribution in [2.45, 2.75) is 78.2 Å². The van der Waals surface area contributed by atoms with E-state index in [1.165, 1.54) is 5.56 Å². The number of aryl methyl sites for hydroxylation is 1. The summed E-state index contributed by atoms with van der Waals surface area (Å²) in [6.07, 6.45) is 9.21. The van der Waals surface area contributed by atoms with Crippen LogP contribution in [-0.4, -0.2) is 29.4 Å². The van der Waals surface area contributed by atoms with Crippen LogP contribution < -0.4 is 0 Å². The number of carbonyl (C=O) groups excluding carboxylic acids is 2. The highest BCUT2D eigenvalue weighted by molar-refractivity contribution is 5.78. The number of carbonyl (C=O) groups is 2. The normalized spacial score (nSPS) is 23.9. The molecule has 0 N–H and O–H groups in total. The van der Waals surface area contributed by atoms with Gasteiger partial charge in [-0.15, -0.1) is 0 Å². The summed E-state index contributed by atoms with van der Waals surface area (Å²) in [5.41, 5.74) is 1.39. The first-order valence-corrected chi connectivity index (χ1v) is 10.4. The smallest absolute Gasteiger partial charge is 0.233 e. The first-order chi connectivity index (χ1) is 12.5. The molecule has 3 heteroatoms. The van der Waals surface area contributed by atoms with Crippen LogP contribution in [0.3, 0.4) is 0 Å². The van der Waals surface area contributed by atoms with E-state index in [1.807, 2.05) is 0 Å². The van der Waals surface area contributed by atoms with Crippen molar-refractivity contribution < 1.29 is 14.1 Å². The van der Waals surface area contributed by atoms with E-state index in [9.17, 15) is 9.59 Å². The van der Waals surface area contributed by atoms with Crippen molar-refractivity contribution in [3.8, 4) is 0 Å². The molecule has 0 aromatic heterocycles. The summed E-state index contributed by atoms with van der Waals surface area (Å²) in [6, 6.07) is 10.7. The number of benzene rings is 1. The molecule has 3 nitrogen and oxygen atoms in total. The number of hydrogen-bond acceptors (Lipinski definition) is 2. The standard InChI is InChI=1S/C23H36NO2/c1-19(2)17-22(23(26)24(18-25)16-10-11-20(24)3)15-9-5-8-14-21-12-6-4-7-13-21/h4,6-7,12-13,18-20,22H,5,8-11,14-17H2,1-3H3/q+1/t20-,22?,24?/m1/s1. The molecule has 0 aliphatic carbocycles. The Bertz CT molecular complexity index is 569. The molecule has 0 spiro atoms. The van der Waals surface area contributed by atoms with E-state index in [2.05, 4.69) is 51.1 Å². The maximum Gasteiger partial charge on any atom is 0.324 e. The van der Waals surface area contributed by atoms with E-state index >= 15 is 0 Å². The molecule has 1 aliphatic heterocycles. The van der Waals surface area contributed by atoms with Crippen LogP contribution in [0.4, 0.5) is 0 Å². The van der Waals surface area contributed by atoms with E-state index in [4.69, 9.17) is 0 Å². The summed E-state index contributed by atoms with van der Waals surface area (Å²) in [5.74, 6) is 0.692. The van der Waals surface area contributed by atoms with Crippen LogP contribution in [0.25, 0.3) is 0 Å². The number of amides is 2. The zero-order chi connectivity index (χ0) is 19.0. The average Bonchev–Trinajstić information content (AvgIpc) is 3.02. The van der Waals surface area contributed by atoms with Gasteiger partial charge in [-0.1, -0.05) is 57.0 Å². The lowest BCUT2D eigenvalue weighted by atomic mass is 9.89. The fourth-order valence-corrected chi connectivity index (χ4v) is 4.43. The predicted molar refractivity (Wildman–Crippen MR) is 106 cm³/mol. The third-order valence-electron chi connectivity index (χ3n) is 6.00. The molecule has 1 aromatic rings. The lowest BCUT2D eigenvalue weighted by Crippen LogP contribution is -2.56. The molecule has 26 heavy (non-hydrogen) atoms. The van der Waals surface area contributed by atoms with Gasteiger partial charge in [0.05, 0.1) is 12.5 Å². The van der Waals surface area contributed by atoms with Gasteiger partial charge in [0.2, 0.25) is 0 Å². The van der Waals surface area contributed by atoms with Gasteiger partial charge in [0.15, 0.2) is 0 Å². The molecule has 3 atom stereocenters. The molecule has 0 bridgehead atoms. The van der Waals surface area contributed by atoms with Gasteiger partial charge in [-0.25, -0.2) is 9.59 Å². The number of likely N-dealkylation sites (tertiary alicyclic amines) is 1. The van der Waals surface area contributed by atoms with Crippen LogP contribution in [0.1, 0.15) is 71.3 Å². The maximum atomic E-state index is 13.3. The van der Waals surface area contributed by atoms with Gasteiger partial charge in [0, 0.05) is 12.8 Å². The van der Waals surface area contributed by atoms with Crippen LogP contribution in [0, 0.1) is 11.8 Å². The van der Waals surface area contributed by atoms with E-state index in [0.717, 1.165) is 57.8 Å². The Morgan fingerprint density at radius 1 is 1.19 bits per heavy atom. The van der Waals surface area contributed by atoms with Crippen LogP contribution in [0.2, 0.25) is 0 Å². The molecule has 1 saturated heterocycles. The minimum Gasteiger partial charge on any atom is -0.233 e. The van der Waals surface area contributed by atoms with Gasteiger partial charge >= 0.3 is 12.3 Å². The molecule has 1 fully saturated rings. The molecule has 0 saturated carbocycles. The Morgan fingerprint density at radius 2 is 1.92 bits per heavy atom. The predicted octanol–water partition coefficient (Wildman–Crippen LogP) is 5.13. The third-order valence-corrected chi connectivity index (χ3v) is 6.00. The molecule has 1 aliphatic rings. The number of quaternary nitrogens is 1. The number of unbranched alkanes of at least 4 members (excludes halogenated alkanes) is 2. The Morgan fingerprint density at radius 3 is 2.50 bits per heavy atom. The van der Waals surface area contributed by atoms with Crippen molar-refractivity contribution in [3.05, 3.63) is 35.9 Å². The SMILES string of the molecule is CC(C)CC(CCCCCc1ccccc1)C(=O)[N+]1(C=O)CCC[C@H]1C. The van der Waals surface area contributed by atoms with Crippen LogP contribution in [0.5, 0.6) is 0 Å². The topological polar surface area (TPSA) is 34.1 Å². The van der Waals surface area contributed by atoms with E-state index < -0.39 is 0 Å². The molecule has 1 aromatic carbocycles. The molecule has 0 radical (unpaired) electrons. The van der Waals surface area contributed by atoms with Crippen molar-refractivity contribution >= 4 is 12.3 Å². The van der Waals surface area contributed by atoms with E-state index in [1.54, 1.807) is 0 Å². The second-order valence-corrected chi connectivity index (χ2v) is 8.50. The van der Waals surface area contributed by atoms with Crippen molar-refractivity contribution in [2.24, 2.45) is 11.8 Å². The number of rotatable bonds is 10. The molecule has 1 heterocycles. The van der Waals surface area contributed by atoms with Gasteiger partial charge in [-0.2, -0.15) is 4.48 Å². The summed E-state index contributed by atoms with van der Waals surface area (Å²) >= 11 is 0. The second-order valence-electron chi connectivity index (χ2n) is 8.50. The van der Waals surface area contributed by atoms with Crippen LogP contribution in [0.15, 0.2) is 30.3 Å². The average molecular weight is 359 g/mol. The second kappa shape index (κ2) is 10.0. The lowest BCUT2D eigenvalue weighted by molar-refractivity contribution is -0.782. The van der Waals surface area contributed by atoms with Gasteiger partial charge in [-0.3, -0.25) is 0 Å². The Kier molecular flexibility index (Phi) is 8.02. The zero-order valence-corrected chi connectivity index (χ0v) is 16.8. The monoisotopic (exact) mass is 358 g/mol. The van der Waals surface area contributed by atoms with Gasteiger partial charge in [0.1, 0.15) is 6.04 Å². The number of hydrogen-bond donors (Lipinski definition) is 0. The highest BCUT2D eigenvalue weighted by Crippen LogP contribution is 2.31. The molecular formula is C23H36NO2+. The Balaban J connectivity index is 1.88. The molecule has 2 amide bonds. The minimum atomic E-state index is 0.0254. The van der Waals surface area contributed by atoms with Crippen molar-refractivity contribution in [1.82, 2.24) is 0 Å². The quantitative estimate of drug-likeness (QED) is 0.330. The summed E-state index contributed by atoms with van der Waals surface area (Å²) in [5, 5.41) is 0. The number of nitrogens with zero attached hydrogens (tertiary/aromatic N) is 1. The summed E-state index contributed by atoms with van der Waals surface area (Å²) < 4.78 is 0.0708. The minimum absolute atomic E-state index is 0.0254. The zero-order valence-electron chi connectivity index (χ0n) is 16.8. The summed E-state index contributed by atoms with van der Waals surface area (Å²) in [6.45, 7) is 7.11. The summed E-state index contributed by atoms with van der Waals surface area (Å²) in [4.78, 5) is 25.1. The third kappa shape index (κ3) is 5.26. The van der Waals surface area contributed by atoms with Crippen molar-refractivity contribution in [2.75, 3.05) is 6.54 Å². The van der Waals surface area contributed by atoms with Gasteiger partial charge < -0.3 is 0 Å². The molecular weight excluding hydrogens is 322 g/mol. The first kappa shape index (κ1) is 20.8. The fraction of sp³-hybridized carbons (Fsp3) is 0.652. The highest BCUT2D eigenvalue weighted by Gasteiger charge is 2.48. The first-order valence-electron chi connectivity index (χ1n) is 10.4. The van der Waals surface area contributed by atoms with Crippen molar-refractivity contribution in [3.63, 3.8) is 0 Å². The van der Waals surface area contributed by atoms with Crippen LogP contribution in [-0.2, 0) is 16.0 Å². The number of imide groups is 1. The Labute approximate surface area is 159 Å². The lowest BCUT2D eigenvalue weighted by Gasteiger charge is -2.32. The molecule has 2 unspecified atom stereocenters. The van der Waals surface area contributed by atoms with Crippen molar-refractivity contribution in [1.29, 1.82) is 0 Å². The molecule has 144 valence electrons. The highest BCUT2D eigenvalue weighted by atomic mass is 16.2. The Hall–Kier alpha value is -1.48. The maximum absolute atomic E-state index is 13.3. The van der Waals surface area contributed by atoms with E-state index in [0.29, 0.717) is 12.5 Å².